The number of ether oxygens (including phenoxy) is 1. The number of aryl methyl sites for hydroxylation is 2. The summed E-state index contributed by atoms with van der Waals surface area (Å²) < 4.78 is 5.94. The Morgan fingerprint density at radius 3 is 2.82 bits per heavy atom. The highest BCUT2D eigenvalue weighted by Gasteiger charge is 2.37. The highest BCUT2D eigenvalue weighted by Crippen LogP contribution is 2.33. The minimum atomic E-state index is -0.887. The Hall–Kier alpha value is -2.44. The second-order valence-corrected chi connectivity index (χ2v) is 7.93. The minimum Gasteiger partial charge on any atom is -0.478 e. The molecule has 6 nitrogen and oxygen atoms in total. The van der Waals surface area contributed by atoms with Gasteiger partial charge in [-0.3, -0.25) is 4.90 Å². The predicted molar refractivity (Wildman–Crippen MR) is 106 cm³/mol. The molecule has 2 saturated heterocycles. The Morgan fingerprint density at radius 2 is 2.00 bits per heavy atom. The first-order valence-electron chi connectivity index (χ1n) is 10.1. The van der Waals surface area contributed by atoms with Crippen LogP contribution in [0.15, 0.2) is 36.4 Å². The van der Waals surface area contributed by atoms with Gasteiger partial charge in [0, 0.05) is 25.3 Å². The van der Waals surface area contributed by atoms with Gasteiger partial charge in [0.25, 0.3) is 0 Å². The molecule has 28 heavy (non-hydrogen) atoms. The molecular weight excluding hydrogens is 354 g/mol. The predicted octanol–water partition coefficient (Wildman–Crippen LogP) is 2.53. The normalized spacial score (nSPS) is 24.6. The zero-order valence-electron chi connectivity index (χ0n) is 15.9. The molecule has 3 aliphatic rings. The summed E-state index contributed by atoms with van der Waals surface area (Å²) in [7, 11) is 0. The Bertz CT molecular complexity index is 886. The largest absolute Gasteiger partial charge is 0.478 e. The van der Waals surface area contributed by atoms with Crippen LogP contribution in [0.5, 0.6) is 0 Å². The van der Waals surface area contributed by atoms with E-state index in [1.807, 2.05) is 12.1 Å². The van der Waals surface area contributed by atoms with Crippen molar-refractivity contribution in [2.24, 2.45) is 0 Å². The molecule has 0 unspecified atom stereocenters. The van der Waals surface area contributed by atoms with Crippen LogP contribution in [0.1, 0.15) is 39.6 Å². The molecule has 0 amide bonds. The molecule has 2 aromatic rings. The van der Waals surface area contributed by atoms with Gasteiger partial charge in [-0.1, -0.05) is 30.3 Å². The van der Waals surface area contributed by atoms with Gasteiger partial charge in [-0.15, -0.1) is 0 Å². The second kappa shape index (κ2) is 7.18. The monoisotopic (exact) mass is 379 g/mol. The molecule has 1 aromatic carbocycles. The van der Waals surface area contributed by atoms with Gasteiger partial charge in [-0.2, -0.15) is 0 Å². The molecule has 1 N–H and O–H groups in total. The van der Waals surface area contributed by atoms with E-state index in [9.17, 15) is 9.90 Å². The zero-order chi connectivity index (χ0) is 19.1. The number of aromatic carboxylic acids is 1. The summed E-state index contributed by atoms with van der Waals surface area (Å²) in [5.74, 6) is -0.253. The summed E-state index contributed by atoms with van der Waals surface area (Å²) in [4.78, 5) is 21.4. The first-order chi connectivity index (χ1) is 13.7. The number of aromatic nitrogens is 1. The van der Waals surface area contributed by atoms with Crippen molar-refractivity contribution in [3.05, 3.63) is 58.8 Å². The highest BCUT2D eigenvalue weighted by atomic mass is 16.5. The quantitative estimate of drug-likeness (QED) is 0.884. The van der Waals surface area contributed by atoms with Crippen LogP contribution in [0, 0.1) is 0 Å². The van der Waals surface area contributed by atoms with Crippen LogP contribution in [0.25, 0.3) is 0 Å². The molecule has 2 fully saturated rings. The maximum Gasteiger partial charge on any atom is 0.339 e. The van der Waals surface area contributed by atoms with Crippen molar-refractivity contribution in [2.45, 2.75) is 31.3 Å². The van der Waals surface area contributed by atoms with E-state index in [-0.39, 0.29) is 12.1 Å². The summed E-state index contributed by atoms with van der Waals surface area (Å²) >= 11 is 0. The summed E-state index contributed by atoms with van der Waals surface area (Å²) in [6.07, 6.45) is 2.95. The third kappa shape index (κ3) is 3.06. The van der Waals surface area contributed by atoms with E-state index in [4.69, 9.17) is 9.72 Å². The average Bonchev–Trinajstić information content (AvgIpc) is 3.20. The van der Waals surface area contributed by atoms with E-state index in [1.54, 1.807) is 0 Å². The van der Waals surface area contributed by atoms with Crippen molar-refractivity contribution in [3.8, 4) is 0 Å². The van der Waals surface area contributed by atoms with Gasteiger partial charge in [0.05, 0.1) is 25.3 Å². The van der Waals surface area contributed by atoms with Gasteiger partial charge in [0.15, 0.2) is 0 Å². The maximum atomic E-state index is 11.9. The van der Waals surface area contributed by atoms with Crippen molar-refractivity contribution < 1.29 is 14.6 Å². The molecule has 1 aromatic heterocycles. The van der Waals surface area contributed by atoms with Gasteiger partial charge < -0.3 is 14.7 Å². The minimum absolute atomic E-state index is 0.240. The zero-order valence-corrected chi connectivity index (χ0v) is 15.9. The Labute approximate surface area is 164 Å². The number of hydrogen-bond acceptors (Lipinski definition) is 5. The number of piperazine rings is 1. The van der Waals surface area contributed by atoms with Crippen molar-refractivity contribution >= 4 is 11.8 Å². The molecule has 2 atom stereocenters. The molecule has 0 spiro atoms. The fourth-order valence-electron chi connectivity index (χ4n) is 4.85. The lowest BCUT2D eigenvalue weighted by Crippen LogP contribution is -2.59. The van der Waals surface area contributed by atoms with Crippen molar-refractivity contribution in [2.75, 3.05) is 37.7 Å². The van der Waals surface area contributed by atoms with Crippen molar-refractivity contribution in [3.63, 3.8) is 0 Å². The Morgan fingerprint density at radius 1 is 1.14 bits per heavy atom. The molecule has 3 heterocycles. The lowest BCUT2D eigenvalue weighted by Gasteiger charge is -2.48. The maximum absolute atomic E-state index is 11.9. The summed E-state index contributed by atoms with van der Waals surface area (Å²) in [6.45, 7) is 3.79. The molecular formula is C22H25N3O3. The molecule has 6 heteroatoms. The van der Waals surface area contributed by atoms with Crippen LogP contribution in [0.4, 0.5) is 5.82 Å². The number of benzene rings is 1. The second-order valence-electron chi connectivity index (χ2n) is 7.93. The molecule has 146 valence electrons. The highest BCUT2D eigenvalue weighted by molar-refractivity contribution is 5.93. The number of anilines is 1. The van der Waals surface area contributed by atoms with Gasteiger partial charge in [0.2, 0.25) is 0 Å². The summed E-state index contributed by atoms with van der Waals surface area (Å²) in [6, 6.07) is 12.9. The molecule has 5 rings (SSSR count). The van der Waals surface area contributed by atoms with Crippen LogP contribution in [-0.2, 0) is 17.6 Å². The number of carbonyl (C=O) groups is 1. The van der Waals surface area contributed by atoms with E-state index in [2.05, 4.69) is 34.1 Å². The van der Waals surface area contributed by atoms with Crippen LogP contribution < -0.4 is 4.90 Å². The third-order valence-electron chi connectivity index (χ3n) is 6.26. The van der Waals surface area contributed by atoms with Crippen LogP contribution in [0.3, 0.4) is 0 Å². The molecule has 1 aliphatic carbocycles. The van der Waals surface area contributed by atoms with Crippen LogP contribution in [-0.4, -0.2) is 59.8 Å². The number of carboxylic acids is 1. The molecule has 0 bridgehead atoms. The Kier molecular flexibility index (Phi) is 4.53. The molecule has 0 radical (unpaired) electrons. The summed E-state index contributed by atoms with van der Waals surface area (Å²) in [5.41, 5.74) is 3.79. The number of carboxylic acid groups (broad SMARTS) is 1. The van der Waals surface area contributed by atoms with Crippen LogP contribution >= 0.6 is 0 Å². The third-order valence-corrected chi connectivity index (χ3v) is 6.26. The SMILES string of the molecule is O=C(O)c1cc2c(nc1N1CCN3[C@@H](COC[C@@H]3c3ccccc3)C1)CCC2. The number of morpholine rings is 1. The van der Waals surface area contributed by atoms with E-state index in [1.165, 1.54) is 5.56 Å². The summed E-state index contributed by atoms with van der Waals surface area (Å²) in [5, 5.41) is 9.75. The number of nitrogens with zero attached hydrogens (tertiary/aromatic N) is 3. The number of fused-ring (bicyclic) bond motifs is 2. The lowest BCUT2D eigenvalue weighted by atomic mass is 10.00. The van der Waals surface area contributed by atoms with E-state index < -0.39 is 5.97 Å². The standard InChI is InChI=1S/C22H25N3O3/c26-22(27)18-11-16-7-4-8-19(16)23-21(18)24-9-10-25-17(12-24)13-28-14-20(25)15-5-2-1-3-6-15/h1-3,5-6,11,17,20H,4,7-10,12-14H2,(H,26,27)/t17-,20-/m1/s1. The van der Waals surface area contributed by atoms with Gasteiger partial charge >= 0.3 is 5.97 Å². The first kappa shape index (κ1) is 17.6. The molecule has 0 saturated carbocycles. The van der Waals surface area contributed by atoms with Gasteiger partial charge in [-0.05, 0) is 36.5 Å². The fourth-order valence-corrected chi connectivity index (χ4v) is 4.85. The average molecular weight is 379 g/mol. The van der Waals surface area contributed by atoms with E-state index in [0.717, 1.165) is 50.2 Å². The Balaban J connectivity index is 1.41. The van der Waals surface area contributed by atoms with E-state index >= 15 is 0 Å². The lowest BCUT2D eigenvalue weighted by molar-refractivity contribution is -0.0548. The van der Waals surface area contributed by atoms with E-state index in [0.29, 0.717) is 24.6 Å². The fraction of sp³-hybridized carbons (Fsp3) is 0.455. The van der Waals surface area contributed by atoms with Gasteiger partial charge in [0.1, 0.15) is 11.4 Å². The van der Waals surface area contributed by atoms with Crippen molar-refractivity contribution in [1.82, 2.24) is 9.88 Å². The number of rotatable bonds is 3. The first-order valence-corrected chi connectivity index (χ1v) is 10.1. The van der Waals surface area contributed by atoms with Crippen LogP contribution in [0.2, 0.25) is 0 Å². The number of pyridine rings is 1. The van der Waals surface area contributed by atoms with Gasteiger partial charge in [-0.25, -0.2) is 9.78 Å². The molecule has 2 aliphatic heterocycles. The number of hydrogen-bond donors (Lipinski definition) is 1. The van der Waals surface area contributed by atoms with Crippen molar-refractivity contribution in [1.29, 1.82) is 0 Å². The smallest absolute Gasteiger partial charge is 0.339 e. The topological polar surface area (TPSA) is 65.9 Å².